The van der Waals surface area contributed by atoms with Crippen LogP contribution in [0.15, 0.2) is 12.3 Å². The van der Waals surface area contributed by atoms with Crippen LogP contribution in [0.4, 0.5) is 0 Å². The molecule has 0 aliphatic carbocycles. The Morgan fingerprint density at radius 2 is 2.30 bits per heavy atom. The Kier molecular flexibility index (Phi) is 2.48. The first-order chi connectivity index (χ1) is 4.75. The number of pyridine rings is 1. The Hall–Kier alpha value is -0.320. The van der Waals surface area contributed by atoms with Gasteiger partial charge in [0.1, 0.15) is 0 Å². The third kappa shape index (κ3) is 1.39. The van der Waals surface area contributed by atoms with E-state index in [2.05, 4.69) is 27.6 Å². The van der Waals surface area contributed by atoms with Crippen LogP contribution in [0.5, 0.6) is 5.75 Å². The molecule has 0 bridgehead atoms. The molecule has 0 atom stereocenters. The Morgan fingerprint density at radius 1 is 1.60 bits per heavy atom. The lowest BCUT2D eigenvalue weighted by Gasteiger charge is -2.03. The summed E-state index contributed by atoms with van der Waals surface area (Å²) < 4.78 is 6.21. The average molecular weight is 249 g/mol. The van der Waals surface area contributed by atoms with Gasteiger partial charge in [-0.2, -0.15) is 0 Å². The van der Waals surface area contributed by atoms with E-state index in [9.17, 15) is 0 Å². The number of rotatable bonds is 1. The minimum Gasteiger partial charge on any atom is -0.494 e. The van der Waals surface area contributed by atoms with Gasteiger partial charge in [0.15, 0.2) is 5.75 Å². The maximum atomic E-state index is 5.11. The topological polar surface area (TPSA) is 22.1 Å². The summed E-state index contributed by atoms with van der Waals surface area (Å²) in [6.07, 6.45) is 1.78. The van der Waals surface area contributed by atoms with E-state index >= 15 is 0 Å². The van der Waals surface area contributed by atoms with E-state index in [4.69, 9.17) is 4.74 Å². The van der Waals surface area contributed by atoms with Crippen LogP contribution in [0, 0.1) is 10.5 Å². The maximum Gasteiger partial charge on any atom is 0.153 e. The third-order valence-electron chi connectivity index (χ3n) is 1.24. The summed E-state index contributed by atoms with van der Waals surface area (Å²) in [5.41, 5.74) is 0.939. The summed E-state index contributed by atoms with van der Waals surface area (Å²) in [5.74, 6) is 0.878. The molecule has 0 N–H and O–H groups in total. The second-order valence-corrected chi connectivity index (χ2v) is 3.07. The molecule has 10 heavy (non-hydrogen) atoms. The second kappa shape index (κ2) is 3.18. The Morgan fingerprint density at radius 3 is 2.70 bits per heavy atom. The van der Waals surface area contributed by atoms with E-state index < -0.39 is 0 Å². The number of ether oxygens (including phenoxy) is 1. The van der Waals surface area contributed by atoms with Gasteiger partial charge in [0.2, 0.25) is 0 Å². The molecule has 3 heteroatoms. The van der Waals surface area contributed by atoms with Gasteiger partial charge in [0.05, 0.1) is 16.4 Å². The molecule has 0 amide bonds. The zero-order valence-corrected chi connectivity index (χ0v) is 8.05. The zero-order chi connectivity index (χ0) is 7.56. The van der Waals surface area contributed by atoms with Crippen molar-refractivity contribution in [3.63, 3.8) is 0 Å². The SMILES string of the molecule is COc1c(I)ccnc1C. The van der Waals surface area contributed by atoms with E-state index in [0.29, 0.717) is 0 Å². The summed E-state index contributed by atoms with van der Waals surface area (Å²) in [6, 6.07) is 1.92. The molecule has 0 spiro atoms. The second-order valence-electron chi connectivity index (χ2n) is 1.91. The van der Waals surface area contributed by atoms with Crippen molar-refractivity contribution in [3.8, 4) is 5.75 Å². The van der Waals surface area contributed by atoms with Gasteiger partial charge < -0.3 is 4.74 Å². The van der Waals surface area contributed by atoms with Crippen molar-refractivity contribution in [3.05, 3.63) is 21.5 Å². The van der Waals surface area contributed by atoms with E-state index in [1.54, 1.807) is 13.3 Å². The van der Waals surface area contributed by atoms with Gasteiger partial charge in [0, 0.05) is 6.20 Å². The number of hydrogen-bond donors (Lipinski definition) is 0. The molecule has 1 aromatic rings. The molecule has 0 fully saturated rings. The first kappa shape index (κ1) is 7.78. The third-order valence-corrected chi connectivity index (χ3v) is 2.09. The maximum absolute atomic E-state index is 5.11. The summed E-state index contributed by atoms with van der Waals surface area (Å²) in [5, 5.41) is 0. The highest BCUT2D eigenvalue weighted by Gasteiger charge is 2.01. The molecule has 0 unspecified atom stereocenters. The van der Waals surface area contributed by atoms with Gasteiger partial charge >= 0.3 is 0 Å². The van der Waals surface area contributed by atoms with E-state index in [1.165, 1.54) is 0 Å². The van der Waals surface area contributed by atoms with Gasteiger partial charge in [-0.15, -0.1) is 0 Å². The molecular weight excluding hydrogens is 241 g/mol. The van der Waals surface area contributed by atoms with E-state index in [1.807, 2.05) is 13.0 Å². The highest BCUT2D eigenvalue weighted by molar-refractivity contribution is 14.1. The molecule has 54 valence electrons. The minimum atomic E-state index is 0.878. The van der Waals surface area contributed by atoms with Crippen molar-refractivity contribution >= 4 is 22.6 Å². The molecule has 1 rings (SSSR count). The lowest BCUT2D eigenvalue weighted by atomic mass is 10.3. The predicted octanol–water partition coefficient (Wildman–Crippen LogP) is 2.00. The molecule has 1 heterocycles. The van der Waals surface area contributed by atoms with Crippen LogP contribution >= 0.6 is 22.6 Å². The number of aromatic nitrogens is 1. The fourth-order valence-electron chi connectivity index (χ4n) is 0.767. The molecule has 0 aliphatic heterocycles. The van der Waals surface area contributed by atoms with E-state index in [-0.39, 0.29) is 0 Å². The standard InChI is InChI=1S/C7H8INO/c1-5-7(10-2)6(8)3-4-9-5/h3-4H,1-2H3. The monoisotopic (exact) mass is 249 g/mol. The molecule has 0 aliphatic rings. The Bertz CT molecular complexity index is 217. The normalized spacial score (nSPS) is 9.50. The fourth-order valence-corrected chi connectivity index (χ4v) is 1.54. The number of aryl methyl sites for hydroxylation is 1. The lowest BCUT2D eigenvalue weighted by molar-refractivity contribution is 0.406. The van der Waals surface area contributed by atoms with Gasteiger partial charge in [0.25, 0.3) is 0 Å². The summed E-state index contributed by atoms with van der Waals surface area (Å²) >= 11 is 2.22. The Labute approximate surface area is 73.8 Å². The van der Waals surface area contributed by atoms with Crippen LogP contribution in [0.2, 0.25) is 0 Å². The highest BCUT2D eigenvalue weighted by atomic mass is 127. The van der Waals surface area contributed by atoms with Crippen molar-refractivity contribution in [2.45, 2.75) is 6.92 Å². The van der Waals surface area contributed by atoms with Gasteiger partial charge in [-0.3, -0.25) is 4.98 Å². The number of methoxy groups -OCH3 is 1. The zero-order valence-electron chi connectivity index (χ0n) is 5.89. The van der Waals surface area contributed by atoms with Gasteiger partial charge in [-0.25, -0.2) is 0 Å². The first-order valence-electron chi connectivity index (χ1n) is 2.91. The molecular formula is C7H8INO. The number of halogens is 1. The fraction of sp³-hybridized carbons (Fsp3) is 0.286. The largest absolute Gasteiger partial charge is 0.494 e. The minimum absolute atomic E-state index is 0.878. The summed E-state index contributed by atoms with van der Waals surface area (Å²) in [7, 11) is 1.66. The lowest BCUT2D eigenvalue weighted by Crippen LogP contribution is -1.92. The van der Waals surface area contributed by atoms with Gasteiger partial charge in [-0.05, 0) is 35.6 Å². The molecule has 2 nitrogen and oxygen atoms in total. The van der Waals surface area contributed by atoms with Crippen molar-refractivity contribution in [1.29, 1.82) is 0 Å². The highest BCUT2D eigenvalue weighted by Crippen LogP contribution is 2.21. The summed E-state index contributed by atoms with van der Waals surface area (Å²) in [4.78, 5) is 4.08. The van der Waals surface area contributed by atoms with Crippen molar-refractivity contribution in [2.24, 2.45) is 0 Å². The van der Waals surface area contributed by atoms with Crippen molar-refractivity contribution in [2.75, 3.05) is 7.11 Å². The Balaban J connectivity index is 3.17. The van der Waals surface area contributed by atoms with E-state index in [0.717, 1.165) is 15.0 Å². The molecule has 1 aromatic heterocycles. The molecule has 0 saturated carbocycles. The number of nitrogens with zero attached hydrogens (tertiary/aromatic N) is 1. The van der Waals surface area contributed by atoms with Crippen molar-refractivity contribution < 1.29 is 4.74 Å². The quantitative estimate of drug-likeness (QED) is 0.710. The molecule has 0 radical (unpaired) electrons. The van der Waals surface area contributed by atoms with Crippen LogP contribution in [0.25, 0.3) is 0 Å². The molecule has 0 aromatic carbocycles. The van der Waals surface area contributed by atoms with Crippen molar-refractivity contribution in [1.82, 2.24) is 4.98 Å². The predicted molar refractivity (Wildman–Crippen MR) is 48.2 cm³/mol. The van der Waals surface area contributed by atoms with Crippen LogP contribution in [-0.2, 0) is 0 Å². The smallest absolute Gasteiger partial charge is 0.153 e. The first-order valence-corrected chi connectivity index (χ1v) is 3.98. The number of hydrogen-bond acceptors (Lipinski definition) is 2. The van der Waals surface area contributed by atoms with Crippen LogP contribution in [0.3, 0.4) is 0 Å². The van der Waals surface area contributed by atoms with Crippen LogP contribution < -0.4 is 4.74 Å². The van der Waals surface area contributed by atoms with Crippen LogP contribution in [-0.4, -0.2) is 12.1 Å². The van der Waals surface area contributed by atoms with Crippen LogP contribution in [0.1, 0.15) is 5.69 Å². The summed E-state index contributed by atoms with van der Waals surface area (Å²) in [6.45, 7) is 1.93. The molecule has 0 saturated heterocycles. The van der Waals surface area contributed by atoms with Gasteiger partial charge in [-0.1, -0.05) is 0 Å². The average Bonchev–Trinajstić information content (AvgIpc) is 1.88.